The number of amides is 2. The topological polar surface area (TPSA) is 53.8 Å². The molecule has 0 bridgehead atoms. The first kappa shape index (κ1) is 11.9. The quantitative estimate of drug-likeness (QED) is 0.609. The second kappa shape index (κ2) is 4.48. The van der Waals surface area contributed by atoms with Crippen molar-refractivity contribution in [3.63, 3.8) is 0 Å². The molecular weight excluding hydrogens is 242 g/mol. The molecule has 2 amide bonds. The van der Waals surface area contributed by atoms with Gasteiger partial charge >= 0.3 is 0 Å². The molecule has 3 rings (SSSR count). The average molecular weight is 255 g/mol. The molecule has 0 radical (unpaired) electrons. The fourth-order valence-electron chi connectivity index (χ4n) is 2.73. The van der Waals surface area contributed by atoms with E-state index in [4.69, 9.17) is 6.57 Å². The highest BCUT2D eigenvalue weighted by atomic mass is 16.2. The van der Waals surface area contributed by atoms with E-state index in [9.17, 15) is 9.59 Å². The van der Waals surface area contributed by atoms with Crippen molar-refractivity contribution >= 4 is 17.5 Å². The van der Waals surface area contributed by atoms with Crippen LogP contribution in [0.5, 0.6) is 0 Å². The van der Waals surface area contributed by atoms with Crippen molar-refractivity contribution in [2.45, 2.75) is 32.0 Å². The number of fused-ring (bicyclic) bond motifs is 1. The van der Waals surface area contributed by atoms with Crippen LogP contribution in [0.1, 0.15) is 24.0 Å². The van der Waals surface area contributed by atoms with Crippen molar-refractivity contribution < 1.29 is 9.59 Å². The molecule has 5 heteroatoms. The van der Waals surface area contributed by atoms with Crippen molar-refractivity contribution in [3.8, 4) is 0 Å². The normalized spacial score (nSPS) is 22.8. The number of rotatable bonds is 1. The predicted octanol–water partition coefficient (Wildman–Crippen LogP) is 1.36. The van der Waals surface area contributed by atoms with Crippen LogP contribution >= 0.6 is 0 Å². The maximum atomic E-state index is 11.8. The molecule has 0 aliphatic carbocycles. The van der Waals surface area contributed by atoms with E-state index in [1.54, 1.807) is 6.07 Å². The monoisotopic (exact) mass is 255 g/mol. The van der Waals surface area contributed by atoms with Gasteiger partial charge in [0.2, 0.25) is 11.8 Å². The fraction of sp³-hybridized carbons (Fsp3) is 0.357. The highest BCUT2D eigenvalue weighted by Gasteiger charge is 2.34. The number of hydrogen-bond acceptors (Lipinski definition) is 3. The zero-order valence-electron chi connectivity index (χ0n) is 10.3. The zero-order valence-corrected chi connectivity index (χ0v) is 10.3. The van der Waals surface area contributed by atoms with Gasteiger partial charge in [0.15, 0.2) is 5.69 Å². The van der Waals surface area contributed by atoms with Gasteiger partial charge < -0.3 is 0 Å². The zero-order chi connectivity index (χ0) is 13.4. The molecule has 1 saturated heterocycles. The van der Waals surface area contributed by atoms with E-state index >= 15 is 0 Å². The van der Waals surface area contributed by atoms with Crippen molar-refractivity contribution in [1.29, 1.82) is 0 Å². The average Bonchev–Trinajstić information content (AvgIpc) is 2.80. The highest BCUT2D eigenvalue weighted by Crippen LogP contribution is 2.29. The lowest BCUT2D eigenvalue weighted by Gasteiger charge is -2.29. The Labute approximate surface area is 111 Å². The molecule has 1 atom stereocenters. The third kappa shape index (κ3) is 2.11. The molecule has 1 aromatic carbocycles. The van der Waals surface area contributed by atoms with Crippen LogP contribution in [0.25, 0.3) is 4.85 Å². The summed E-state index contributed by atoms with van der Waals surface area (Å²) in [7, 11) is 0. The van der Waals surface area contributed by atoms with E-state index in [1.165, 1.54) is 0 Å². The maximum Gasteiger partial charge on any atom is 0.243 e. The number of piperidine rings is 1. The molecule has 96 valence electrons. The van der Waals surface area contributed by atoms with Crippen molar-refractivity contribution in [2.75, 3.05) is 0 Å². The molecule has 2 aliphatic rings. The molecule has 2 aliphatic heterocycles. The summed E-state index contributed by atoms with van der Waals surface area (Å²) in [6, 6.07) is 5.41. The van der Waals surface area contributed by atoms with Crippen molar-refractivity contribution in [3.05, 3.63) is 40.7 Å². The summed E-state index contributed by atoms with van der Waals surface area (Å²) < 4.78 is 0. The van der Waals surface area contributed by atoms with Crippen LogP contribution in [0.2, 0.25) is 0 Å². The van der Waals surface area contributed by atoms with Crippen LogP contribution in [0.15, 0.2) is 18.2 Å². The minimum atomic E-state index is -0.235. The Hall–Kier alpha value is -2.19. The van der Waals surface area contributed by atoms with Crippen molar-refractivity contribution in [1.82, 2.24) is 10.2 Å². The lowest BCUT2D eigenvalue weighted by molar-refractivity contribution is -0.137. The standard InChI is InChI=1S/C14H13N3O2/c1-15-11-3-2-9-7-17(8-10(9)6-11)12-4-5-13(18)16-14(12)19/h2-3,6,12H,4-5,7-8H2,(H,16,18,19). The Morgan fingerprint density at radius 2 is 2.05 bits per heavy atom. The van der Waals surface area contributed by atoms with E-state index in [0.29, 0.717) is 31.6 Å². The van der Waals surface area contributed by atoms with Gasteiger partial charge in [0.1, 0.15) is 0 Å². The molecular formula is C14H13N3O2. The largest absolute Gasteiger partial charge is 0.295 e. The van der Waals surface area contributed by atoms with Crippen molar-refractivity contribution in [2.24, 2.45) is 0 Å². The molecule has 0 spiro atoms. The van der Waals surface area contributed by atoms with Gasteiger partial charge in [0, 0.05) is 19.5 Å². The number of hydrogen-bond donors (Lipinski definition) is 1. The molecule has 0 saturated carbocycles. The molecule has 5 nitrogen and oxygen atoms in total. The summed E-state index contributed by atoms with van der Waals surface area (Å²) in [6.07, 6.45) is 0.977. The maximum absolute atomic E-state index is 11.8. The molecule has 1 aromatic rings. The number of carbonyl (C=O) groups excluding carboxylic acids is 2. The van der Waals surface area contributed by atoms with Crippen LogP contribution in [-0.2, 0) is 22.7 Å². The molecule has 1 N–H and O–H groups in total. The van der Waals surface area contributed by atoms with Crippen LogP contribution in [0.3, 0.4) is 0 Å². The van der Waals surface area contributed by atoms with Gasteiger partial charge in [-0.1, -0.05) is 18.2 Å². The van der Waals surface area contributed by atoms with Crippen LogP contribution in [-0.4, -0.2) is 22.8 Å². The Kier molecular flexibility index (Phi) is 2.80. The van der Waals surface area contributed by atoms with E-state index in [-0.39, 0.29) is 17.9 Å². The van der Waals surface area contributed by atoms with E-state index in [1.807, 2.05) is 12.1 Å². The minimum absolute atomic E-state index is 0.187. The first-order chi connectivity index (χ1) is 9.17. The smallest absolute Gasteiger partial charge is 0.243 e. The Balaban J connectivity index is 1.78. The molecule has 1 unspecified atom stereocenters. The van der Waals surface area contributed by atoms with Crippen LogP contribution in [0.4, 0.5) is 5.69 Å². The second-order valence-electron chi connectivity index (χ2n) is 4.94. The third-order valence-corrected chi connectivity index (χ3v) is 3.72. The Morgan fingerprint density at radius 1 is 1.26 bits per heavy atom. The van der Waals surface area contributed by atoms with Gasteiger partial charge in [-0.25, -0.2) is 4.85 Å². The Morgan fingerprint density at radius 3 is 2.79 bits per heavy atom. The SMILES string of the molecule is [C-]#[N+]c1ccc2c(c1)CN(C1CCC(=O)NC1=O)C2. The summed E-state index contributed by atoms with van der Waals surface area (Å²) in [4.78, 5) is 28.5. The predicted molar refractivity (Wildman–Crippen MR) is 68.1 cm³/mol. The molecule has 2 heterocycles. The third-order valence-electron chi connectivity index (χ3n) is 3.72. The van der Waals surface area contributed by atoms with Crippen LogP contribution in [0, 0.1) is 6.57 Å². The number of nitrogens with zero attached hydrogens (tertiary/aromatic N) is 2. The van der Waals surface area contributed by atoms with E-state index in [2.05, 4.69) is 15.1 Å². The van der Waals surface area contributed by atoms with Gasteiger partial charge in [-0.05, 0) is 17.5 Å². The Bertz CT molecular complexity index is 603. The fourth-order valence-corrected chi connectivity index (χ4v) is 2.73. The summed E-state index contributed by atoms with van der Waals surface area (Å²) >= 11 is 0. The van der Waals surface area contributed by atoms with Gasteiger partial charge in [-0.3, -0.25) is 19.8 Å². The van der Waals surface area contributed by atoms with E-state index in [0.717, 1.165) is 11.1 Å². The van der Waals surface area contributed by atoms with Crippen LogP contribution < -0.4 is 5.32 Å². The number of carbonyl (C=O) groups is 2. The first-order valence-corrected chi connectivity index (χ1v) is 6.24. The summed E-state index contributed by atoms with van der Waals surface area (Å²) in [5.74, 6) is -0.386. The van der Waals surface area contributed by atoms with Gasteiger partial charge in [-0.15, -0.1) is 0 Å². The van der Waals surface area contributed by atoms with E-state index < -0.39 is 0 Å². The minimum Gasteiger partial charge on any atom is -0.295 e. The number of benzene rings is 1. The second-order valence-corrected chi connectivity index (χ2v) is 4.94. The molecule has 1 fully saturated rings. The van der Waals surface area contributed by atoms with Gasteiger partial charge in [-0.2, -0.15) is 0 Å². The summed E-state index contributed by atoms with van der Waals surface area (Å²) in [6.45, 7) is 8.40. The molecule has 0 aromatic heterocycles. The number of nitrogens with one attached hydrogen (secondary N) is 1. The summed E-state index contributed by atoms with van der Waals surface area (Å²) in [5.41, 5.74) is 2.90. The highest BCUT2D eigenvalue weighted by molar-refractivity contribution is 6.00. The molecule has 19 heavy (non-hydrogen) atoms. The first-order valence-electron chi connectivity index (χ1n) is 6.24. The van der Waals surface area contributed by atoms with Gasteiger partial charge in [0.25, 0.3) is 0 Å². The lowest BCUT2D eigenvalue weighted by atomic mass is 10.0. The summed E-state index contributed by atoms with van der Waals surface area (Å²) in [5, 5.41) is 2.39. The lowest BCUT2D eigenvalue weighted by Crippen LogP contribution is -2.50. The number of imide groups is 1. The van der Waals surface area contributed by atoms with Gasteiger partial charge in [0.05, 0.1) is 12.6 Å².